The minimum atomic E-state index is -0.632. The summed E-state index contributed by atoms with van der Waals surface area (Å²) in [6, 6.07) is 10.6. The zero-order chi connectivity index (χ0) is 19.3. The Labute approximate surface area is 163 Å². The Balaban J connectivity index is 1.75. The number of thiophene rings is 1. The van der Waals surface area contributed by atoms with E-state index in [-0.39, 0.29) is 17.9 Å². The maximum Gasteiger partial charge on any atom is 0.312 e. The van der Waals surface area contributed by atoms with Gasteiger partial charge in [-0.05, 0) is 42.0 Å². The summed E-state index contributed by atoms with van der Waals surface area (Å²) in [7, 11) is 1.64. The fourth-order valence-electron chi connectivity index (χ4n) is 3.76. The summed E-state index contributed by atoms with van der Waals surface area (Å²) < 4.78 is 5.24. The van der Waals surface area contributed by atoms with E-state index >= 15 is 0 Å². The quantitative estimate of drug-likeness (QED) is 0.679. The summed E-state index contributed by atoms with van der Waals surface area (Å²) >= 11 is 1.49. The first kappa shape index (κ1) is 19.2. The van der Waals surface area contributed by atoms with Crippen molar-refractivity contribution in [2.45, 2.75) is 43.7 Å². The number of hydrogen-bond acceptors (Lipinski definition) is 4. The summed E-state index contributed by atoms with van der Waals surface area (Å²) in [4.78, 5) is 25.1. The molecule has 1 aromatic heterocycles. The lowest BCUT2D eigenvalue weighted by molar-refractivity contribution is -0.123. The normalized spacial score (nSPS) is 16.5. The highest BCUT2D eigenvalue weighted by Crippen LogP contribution is 2.39. The molecule has 1 aromatic carbocycles. The van der Waals surface area contributed by atoms with Gasteiger partial charge < -0.3 is 21.1 Å². The lowest BCUT2D eigenvalue weighted by atomic mass is 9.87. The molecule has 27 heavy (non-hydrogen) atoms. The van der Waals surface area contributed by atoms with Crippen LogP contribution in [-0.2, 0) is 10.3 Å². The van der Waals surface area contributed by atoms with Crippen molar-refractivity contribution in [1.29, 1.82) is 0 Å². The molecule has 1 atom stereocenters. The van der Waals surface area contributed by atoms with Crippen LogP contribution in [0.5, 0.6) is 5.75 Å². The van der Waals surface area contributed by atoms with Gasteiger partial charge in [-0.25, -0.2) is 4.79 Å². The number of ether oxygens (including phenoxy) is 1. The van der Waals surface area contributed by atoms with Crippen LogP contribution in [0.3, 0.4) is 0 Å². The molecular weight excluding hydrogens is 362 g/mol. The van der Waals surface area contributed by atoms with Crippen molar-refractivity contribution >= 4 is 23.3 Å². The van der Waals surface area contributed by atoms with E-state index in [1.807, 2.05) is 41.8 Å². The Hall–Kier alpha value is -2.54. The molecule has 0 saturated heterocycles. The largest absolute Gasteiger partial charge is 0.497 e. The van der Waals surface area contributed by atoms with Gasteiger partial charge in [0.25, 0.3) is 0 Å². The highest BCUT2D eigenvalue weighted by molar-refractivity contribution is 7.10. The number of urea groups is 1. The molecule has 4 N–H and O–H groups in total. The molecule has 0 aliphatic heterocycles. The van der Waals surface area contributed by atoms with E-state index in [1.54, 1.807) is 7.11 Å². The number of carbonyl (C=O) groups is 2. The van der Waals surface area contributed by atoms with Gasteiger partial charge in [-0.3, -0.25) is 4.79 Å². The van der Waals surface area contributed by atoms with E-state index in [4.69, 9.17) is 10.5 Å². The van der Waals surface area contributed by atoms with E-state index < -0.39 is 12.1 Å². The molecule has 1 aliphatic rings. The van der Waals surface area contributed by atoms with E-state index in [0.717, 1.165) is 41.9 Å². The van der Waals surface area contributed by atoms with Crippen LogP contribution >= 0.6 is 11.3 Å². The van der Waals surface area contributed by atoms with E-state index in [2.05, 4.69) is 10.6 Å². The number of hydrogen-bond donors (Lipinski definition) is 3. The second-order valence-electron chi connectivity index (χ2n) is 6.85. The Morgan fingerprint density at radius 2 is 1.93 bits per heavy atom. The summed E-state index contributed by atoms with van der Waals surface area (Å²) in [6.07, 6.45) is 4.09. The van der Waals surface area contributed by atoms with Crippen molar-refractivity contribution in [1.82, 2.24) is 10.6 Å². The Morgan fingerprint density at radius 3 is 2.48 bits per heavy atom. The van der Waals surface area contributed by atoms with Gasteiger partial charge in [0.2, 0.25) is 5.91 Å². The van der Waals surface area contributed by atoms with E-state index in [1.165, 1.54) is 11.3 Å². The summed E-state index contributed by atoms with van der Waals surface area (Å²) in [5, 5.41) is 7.84. The summed E-state index contributed by atoms with van der Waals surface area (Å²) in [5.74, 6) is 0.696. The van der Waals surface area contributed by atoms with Crippen molar-refractivity contribution in [3.63, 3.8) is 0 Å². The number of methoxy groups -OCH3 is 1. The van der Waals surface area contributed by atoms with Crippen LogP contribution in [0.2, 0.25) is 0 Å². The molecule has 0 bridgehead atoms. The third-order valence-electron chi connectivity index (χ3n) is 5.07. The number of nitrogens with one attached hydrogen (secondary N) is 2. The number of amides is 3. The molecule has 7 heteroatoms. The molecule has 144 valence electrons. The van der Waals surface area contributed by atoms with Crippen molar-refractivity contribution in [3.05, 3.63) is 52.2 Å². The molecular formula is C20H25N3O3S. The van der Waals surface area contributed by atoms with Gasteiger partial charge in [0.05, 0.1) is 25.1 Å². The van der Waals surface area contributed by atoms with Crippen LogP contribution in [0.15, 0.2) is 41.8 Å². The molecule has 1 fully saturated rings. The smallest absolute Gasteiger partial charge is 0.312 e. The molecule has 1 aliphatic carbocycles. The van der Waals surface area contributed by atoms with Gasteiger partial charge in [-0.15, -0.1) is 11.3 Å². The van der Waals surface area contributed by atoms with Crippen LogP contribution in [0.25, 0.3) is 0 Å². The molecule has 3 amide bonds. The Bertz CT molecular complexity index is 768. The molecule has 0 radical (unpaired) electrons. The van der Waals surface area contributed by atoms with E-state index in [0.29, 0.717) is 0 Å². The van der Waals surface area contributed by atoms with Crippen molar-refractivity contribution in [3.8, 4) is 5.75 Å². The van der Waals surface area contributed by atoms with Crippen molar-refractivity contribution in [2.75, 3.05) is 7.11 Å². The van der Waals surface area contributed by atoms with Gasteiger partial charge in [0.15, 0.2) is 0 Å². The number of benzene rings is 1. The number of carbonyl (C=O) groups excluding carboxylic acids is 2. The first-order valence-corrected chi connectivity index (χ1v) is 9.95. The summed E-state index contributed by atoms with van der Waals surface area (Å²) in [6.45, 7) is 0. The van der Waals surface area contributed by atoms with Crippen LogP contribution in [0, 0.1) is 0 Å². The second kappa shape index (κ2) is 8.43. The SMILES string of the molecule is COc1ccc(C2(NC(=O)CC(NC(N)=O)c3cccs3)CCCC2)cc1. The maximum atomic E-state index is 12.9. The lowest BCUT2D eigenvalue weighted by Gasteiger charge is -2.32. The predicted octanol–water partition coefficient (Wildman–Crippen LogP) is 3.44. The molecule has 1 heterocycles. The van der Waals surface area contributed by atoms with Crippen molar-refractivity contribution in [2.24, 2.45) is 5.73 Å². The Morgan fingerprint density at radius 1 is 1.22 bits per heavy atom. The van der Waals surface area contributed by atoms with Gasteiger partial charge in [0.1, 0.15) is 5.75 Å². The molecule has 0 spiro atoms. The molecule has 1 unspecified atom stereocenters. The Kier molecular flexibility index (Phi) is 6.01. The average molecular weight is 388 g/mol. The fourth-order valence-corrected chi connectivity index (χ4v) is 4.54. The fraction of sp³-hybridized carbons (Fsp3) is 0.400. The van der Waals surface area contributed by atoms with Gasteiger partial charge >= 0.3 is 6.03 Å². The van der Waals surface area contributed by atoms with Crippen LogP contribution in [-0.4, -0.2) is 19.0 Å². The molecule has 6 nitrogen and oxygen atoms in total. The highest BCUT2D eigenvalue weighted by atomic mass is 32.1. The zero-order valence-corrected chi connectivity index (χ0v) is 16.2. The minimum absolute atomic E-state index is 0.0973. The number of primary amides is 1. The standard InChI is InChI=1S/C20H25N3O3S/c1-26-15-8-6-14(7-9-15)20(10-2-3-11-20)23-18(24)13-16(22-19(21)25)17-5-4-12-27-17/h4-9,12,16H,2-3,10-11,13H2,1H3,(H,23,24)(H3,21,22,25). The maximum absolute atomic E-state index is 12.9. The van der Waals surface area contributed by atoms with Crippen LogP contribution < -0.4 is 21.1 Å². The third-order valence-corrected chi connectivity index (χ3v) is 6.06. The average Bonchev–Trinajstić information content (AvgIpc) is 3.33. The number of nitrogens with two attached hydrogens (primary N) is 1. The predicted molar refractivity (Wildman–Crippen MR) is 106 cm³/mol. The molecule has 3 rings (SSSR count). The van der Waals surface area contributed by atoms with Gasteiger partial charge in [0, 0.05) is 4.88 Å². The second-order valence-corrected chi connectivity index (χ2v) is 7.83. The number of rotatable bonds is 7. The zero-order valence-electron chi connectivity index (χ0n) is 15.4. The topological polar surface area (TPSA) is 93.4 Å². The van der Waals surface area contributed by atoms with Crippen LogP contribution in [0.4, 0.5) is 4.79 Å². The lowest BCUT2D eigenvalue weighted by Crippen LogP contribution is -2.45. The van der Waals surface area contributed by atoms with Gasteiger partial charge in [-0.1, -0.05) is 31.0 Å². The first-order valence-electron chi connectivity index (χ1n) is 9.07. The monoisotopic (exact) mass is 387 g/mol. The first-order chi connectivity index (χ1) is 13.0. The van der Waals surface area contributed by atoms with Gasteiger partial charge in [-0.2, -0.15) is 0 Å². The molecule has 2 aromatic rings. The third kappa shape index (κ3) is 4.60. The van der Waals surface area contributed by atoms with Crippen LogP contribution in [0.1, 0.15) is 48.6 Å². The van der Waals surface area contributed by atoms with E-state index in [9.17, 15) is 9.59 Å². The minimum Gasteiger partial charge on any atom is -0.497 e. The highest BCUT2D eigenvalue weighted by Gasteiger charge is 2.37. The van der Waals surface area contributed by atoms with Crippen molar-refractivity contribution < 1.29 is 14.3 Å². The summed E-state index contributed by atoms with van der Waals surface area (Å²) in [5.41, 5.74) is 6.02. The molecule has 1 saturated carbocycles.